The fourth-order valence-corrected chi connectivity index (χ4v) is 4.78. The molecule has 0 aliphatic carbocycles. The van der Waals surface area contributed by atoms with E-state index in [1.165, 1.54) is 21.0 Å². The van der Waals surface area contributed by atoms with Gasteiger partial charge in [0.05, 0.1) is 26.0 Å². The third-order valence-corrected chi connectivity index (χ3v) is 8.19. The topological polar surface area (TPSA) is 46.2 Å². The third kappa shape index (κ3) is 9.50. The summed E-state index contributed by atoms with van der Waals surface area (Å²) in [5.74, 6) is -22.5. The third-order valence-electron chi connectivity index (χ3n) is 8.19. The first-order chi connectivity index (χ1) is 24.7. The number of quaternary nitrogens is 1. The minimum Gasteiger partial charge on any atom is -0.489 e. The zero-order chi connectivity index (χ0) is 40.0. The Morgan fingerprint density at radius 2 is 1.02 bits per heavy atom. The van der Waals surface area contributed by atoms with E-state index in [1.807, 2.05) is 0 Å². The molecule has 0 saturated heterocycles. The molecule has 0 amide bonds. The van der Waals surface area contributed by atoms with Crippen molar-refractivity contribution in [2.45, 2.75) is 39.7 Å². The molecule has 0 aliphatic heterocycles. The van der Waals surface area contributed by atoms with Crippen LogP contribution < -0.4 is 14.0 Å². The van der Waals surface area contributed by atoms with E-state index < -0.39 is 112 Å². The van der Waals surface area contributed by atoms with Crippen LogP contribution in [0.5, 0.6) is 17.2 Å². The van der Waals surface area contributed by atoms with Crippen LogP contribution in [0, 0.1) is 75.9 Å². The van der Waals surface area contributed by atoms with E-state index in [-0.39, 0.29) is 17.6 Å². The maximum atomic E-state index is 15.8. The van der Waals surface area contributed by atoms with Crippen molar-refractivity contribution in [1.29, 1.82) is 0 Å². The summed E-state index contributed by atoms with van der Waals surface area (Å²) in [6, 6.07) is 5.30. The zero-order valence-corrected chi connectivity index (χ0v) is 28.6. The summed E-state index contributed by atoms with van der Waals surface area (Å²) in [7, 11) is 0.440. The summed E-state index contributed by atoms with van der Waals surface area (Å²) in [6.45, 7) is 6.62. The van der Waals surface area contributed by atoms with Crippen LogP contribution in [0.3, 0.4) is 0 Å². The molecule has 53 heavy (non-hydrogen) atoms. The molecule has 0 spiro atoms. The lowest BCUT2D eigenvalue weighted by atomic mass is 9.96. The average molecular weight is 771 g/mol. The molecule has 288 valence electrons. The molecule has 4 rings (SSSR count). The number of ether oxygens (including phenoxy) is 2. The smallest absolute Gasteiger partial charge is 0.489 e. The molecule has 2 unspecified atom stereocenters. The second-order valence-electron chi connectivity index (χ2n) is 11.3. The summed E-state index contributed by atoms with van der Waals surface area (Å²) in [5, 5.41) is 0. The minimum atomic E-state index is -2.43. The van der Waals surface area contributed by atoms with Crippen molar-refractivity contribution >= 4 is 7.32 Å². The number of halogens is 12. The van der Waals surface area contributed by atoms with Crippen molar-refractivity contribution in [3.05, 3.63) is 124 Å². The molecule has 0 radical (unpaired) electrons. The molecule has 6 nitrogen and oxygen atoms in total. The van der Waals surface area contributed by atoms with Gasteiger partial charge in [0.25, 0.3) is 0 Å². The highest BCUT2D eigenvalue weighted by Crippen LogP contribution is 2.44. The second-order valence-corrected chi connectivity index (χ2v) is 11.3. The van der Waals surface area contributed by atoms with Crippen molar-refractivity contribution in [2.24, 2.45) is 0 Å². The van der Waals surface area contributed by atoms with Gasteiger partial charge in [-0.3, -0.25) is 18.0 Å². The Hall–Kier alpha value is -4.62. The molecular formula is C34H30BF12NO5. The number of hydrogen-bond donors (Lipinski definition) is 0. The van der Waals surface area contributed by atoms with Gasteiger partial charge in [-0.25, -0.2) is 43.9 Å². The lowest BCUT2D eigenvalue weighted by Crippen LogP contribution is -2.61. The van der Waals surface area contributed by atoms with Crippen LogP contribution in [0.1, 0.15) is 33.3 Å². The van der Waals surface area contributed by atoms with Crippen LogP contribution >= 0.6 is 0 Å². The van der Waals surface area contributed by atoms with Gasteiger partial charge in [0.15, 0.2) is 58.6 Å². The highest BCUT2D eigenvalue weighted by Gasteiger charge is 2.52. The van der Waals surface area contributed by atoms with Gasteiger partial charge in [0.1, 0.15) is 22.8 Å². The predicted octanol–water partition coefficient (Wildman–Crippen LogP) is 9.03. The zero-order valence-electron chi connectivity index (χ0n) is 28.6. The molecule has 0 aliphatic rings. The Balaban J connectivity index is 0.000000731. The largest absolute Gasteiger partial charge is 0.864 e. The number of methoxy groups -OCH3 is 1. The summed E-state index contributed by atoms with van der Waals surface area (Å²) in [6.07, 6.45) is -1.06. The molecule has 2 atom stereocenters. The fourth-order valence-electron chi connectivity index (χ4n) is 4.78. The fraction of sp³-hybridized carbons (Fsp3) is 0.294. The highest BCUT2D eigenvalue weighted by atomic mass is 19.2. The monoisotopic (exact) mass is 771 g/mol. The van der Waals surface area contributed by atoms with Crippen molar-refractivity contribution in [2.75, 3.05) is 27.2 Å². The first-order valence-corrected chi connectivity index (χ1v) is 15.3. The normalized spacial score (nSPS) is 13.1. The number of hydrogen-bond acceptors (Lipinski definition) is 5. The van der Waals surface area contributed by atoms with E-state index in [4.69, 9.17) is 23.4 Å². The molecule has 0 saturated carbocycles. The van der Waals surface area contributed by atoms with Crippen LogP contribution in [-0.4, -0.2) is 45.3 Å². The van der Waals surface area contributed by atoms with Crippen molar-refractivity contribution < 1.29 is 80.6 Å². The Labute approximate surface area is 296 Å². The maximum Gasteiger partial charge on any atom is 0.864 e. The van der Waals surface area contributed by atoms with E-state index in [2.05, 4.69) is 6.07 Å². The summed E-state index contributed by atoms with van der Waals surface area (Å²) < 4.78 is 191. The van der Waals surface area contributed by atoms with Gasteiger partial charge in [-0.05, 0) is 20.8 Å². The van der Waals surface area contributed by atoms with Gasteiger partial charge in [0.2, 0.25) is 5.72 Å². The van der Waals surface area contributed by atoms with E-state index in [0.717, 1.165) is 12.1 Å². The molecule has 19 heteroatoms. The Bertz CT molecular complexity index is 1790. The van der Waals surface area contributed by atoms with Crippen molar-refractivity contribution in [3.8, 4) is 17.2 Å². The summed E-state index contributed by atoms with van der Waals surface area (Å²) in [4.78, 5) is 0. The van der Waals surface area contributed by atoms with Gasteiger partial charge in [-0.15, -0.1) is 12.1 Å². The maximum absolute atomic E-state index is 15.8. The molecule has 0 aromatic heterocycles. The molecule has 0 fully saturated rings. The lowest BCUT2D eigenvalue weighted by Gasteiger charge is -2.48. The molecule has 0 bridgehead atoms. The van der Waals surface area contributed by atoms with Gasteiger partial charge in [0, 0.05) is 56.0 Å². The summed E-state index contributed by atoms with van der Waals surface area (Å²) >= 11 is 0. The molecule has 0 heterocycles. The first-order valence-electron chi connectivity index (χ1n) is 15.3. The average Bonchev–Trinajstić information content (AvgIpc) is 3.10. The molecule has 0 N–H and O–H groups in total. The van der Waals surface area contributed by atoms with Gasteiger partial charge < -0.3 is 18.7 Å². The van der Waals surface area contributed by atoms with Crippen molar-refractivity contribution in [3.63, 3.8) is 0 Å². The quantitative estimate of drug-likeness (QED) is 0.0339. The highest BCUT2D eigenvalue weighted by molar-refractivity contribution is 6.39. The number of rotatable bonds is 13. The van der Waals surface area contributed by atoms with E-state index in [0.29, 0.717) is 30.3 Å². The molecule has 4 aromatic carbocycles. The van der Waals surface area contributed by atoms with E-state index in [9.17, 15) is 48.3 Å². The van der Waals surface area contributed by atoms with Crippen LogP contribution in [0.15, 0.2) is 42.5 Å². The van der Waals surface area contributed by atoms with Crippen LogP contribution in [0.25, 0.3) is 0 Å². The Kier molecular flexibility index (Phi) is 14.1. The van der Waals surface area contributed by atoms with E-state index in [1.54, 1.807) is 20.9 Å². The van der Waals surface area contributed by atoms with Crippen molar-refractivity contribution in [1.82, 2.24) is 0 Å². The minimum absolute atomic E-state index is 0.200. The van der Waals surface area contributed by atoms with Crippen LogP contribution in [0.4, 0.5) is 52.7 Å². The SMILES string of the molecule is CC[N+](C)(CC)C(C)(OC(C)OC)c1c(OB(Oc2cc(F)c(F)c(F)c2)Oc2cc(F)c(F)c(F)c2)cc(F)c(F)c1F.Fc1c[c-]cc(F)c1F. The van der Waals surface area contributed by atoms with Crippen LogP contribution in [0.2, 0.25) is 0 Å². The van der Waals surface area contributed by atoms with Gasteiger partial charge in [-0.2, -0.15) is 6.07 Å². The van der Waals surface area contributed by atoms with Gasteiger partial charge >= 0.3 is 7.32 Å². The van der Waals surface area contributed by atoms with Gasteiger partial charge in [-0.1, -0.05) is 0 Å². The second kappa shape index (κ2) is 17.5. The predicted molar refractivity (Wildman–Crippen MR) is 164 cm³/mol. The molecule has 4 aromatic rings. The van der Waals surface area contributed by atoms with Crippen LogP contribution in [-0.2, 0) is 15.2 Å². The Morgan fingerprint density at radius 3 is 1.40 bits per heavy atom. The number of nitrogens with zero attached hydrogens (tertiary/aromatic N) is 1. The van der Waals surface area contributed by atoms with E-state index >= 15 is 4.39 Å². The summed E-state index contributed by atoms with van der Waals surface area (Å²) in [5.41, 5.74) is -2.67. The first kappa shape index (κ1) is 42.8. The number of benzene rings is 4. The Morgan fingerprint density at radius 1 is 0.623 bits per heavy atom. The standard InChI is InChI=1S/C28H28BF9NO5.C6H2F3/c1-7-39(5,8-2)28(4,41-14(3)40-6)23-22(13-21(34)26(37)27(23)38)44-29(42-15-9-17(30)24(35)18(31)10-15)43-16-11-19(32)25(36)20(33)12-16;7-4-2-1-3-5(8)6(4)9/h9-14H,7-8H2,1-6H3;2-3H/q+1;-1. The molecular weight excluding hydrogens is 741 g/mol. The lowest BCUT2D eigenvalue weighted by molar-refractivity contribution is -0.990.